The molecule has 1 heterocycles. The highest BCUT2D eigenvalue weighted by atomic mass is 35.5. The molecule has 0 aliphatic heterocycles. The van der Waals surface area contributed by atoms with E-state index in [2.05, 4.69) is 14.1 Å². The molecule has 1 aromatic rings. The monoisotopic (exact) mass is 235 g/mol. The number of aromatic nitrogens is 2. The molecule has 1 N–H and O–H groups in total. The van der Waals surface area contributed by atoms with Crippen molar-refractivity contribution in [1.82, 2.24) is 8.75 Å². The Hall–Kier alpha value is -0.390. The van der Waals surface area contributed by atoms with E-state index in [-0.39, 0.29) is 5.60 Å². The molecule has 0 spiro atoms. The average molecular weight is 236 g/mol. The molecule has 0 aromatic carbocycles. The minimum absolute atomic E-state index is 0.221. The molecule has 0 atom stereocenters. The Labute approximate surface area is 92.9 Å². The van der Waals surface area contributed by atoms with Crippen molar-refractivity contribution >= 4 is 29.1 Å². The lowest BCUT2D eigenvalue weighted by Crippen LogP contribution is -2.33. The first-order valence-corrected chi connectivity index (χ1v) is 5.52. The van der Waals surface area contributed by atoms with Gasteiger partial charge in [-0.3, -0.25) is 0 Å². The Kier molecular flexibility index (Phi) is 4.10. The van der Waals surface area contributed by atoms with Gasteiger partial charge in [0.2, 0.25) is 0 Å². The molecular formula is C8H14ClN3OS. The first kappa shape index (κ1) is 11.7. The summed E-state index contributed by atoms with van der Waals surface area (Å²) in [5.74, 6) is 0.629. The van der Waals surface area contributed by atoms with E-state index in [9.17, 15) is 0 Å². The predicted octanol–water partition coefficient (Wildman–Crippen LogP) is 2.42. The molecule has 0 aliphatic carbocycles. The molecule has 0 saturated heterocycles. The summed E-state index contributed by atoms with van der Waals surface area (Å²) >= 11 is 6.87. The summed E-state index contributed by atoms with van der Waals surface area (Å²) in [6, 6.07) is 0. The zero-order valence-electron chi connectivity index (χ0n) is 8.50. The fourth-order valence-electron chi connectivity index (χ4n) is 1.02. The number of hydrogen-bond donors (Lipinski definition) is 1. The van der Waals surface area contributed by atoms with Crippen LogP contribution in [0.4, 0.5) is 5.82 Å². The molecule has 80 valence electrons. The van der Waals surface area contributed by atoms with Crippen LogP contribution in [0.5, 0.6) is 0 Å². The smallest absolute Gasteiger partial charge is 0.186 e. The minimum Gasteiger partial charge on any atom is -0.374 e. The van der Waals surface area contributed by atoms with Gasteiger partial charge in [0.15, 0.2) is 11.0 Å². The first-order chi connectivity index (χ1) is 6.55. The summed E-state index contributed by atoms with van der Waals surface area (Å²) in [5, 5.41) is 3.52. The number of ether oxygens (including phenoxy) is 1. The van der Waals surface area contributed by atoms with Crippen LogP contribution in [0, 0.1) is 0 Å². The number of halogens is 1. The molecule has 0 radical (unpaired) electrons. The van der Waals surface area contributed by atoms with Crippen LogP contribution in [0.25, 0.3) is 0 Å². The van der Waals surface area contributed by atoms with Crippen molar-refractivity contribution in [3.63, 3.8) is 0 Å². The second-order valence-electron chi connectivity index (χ2n) is 3.45. The van der Waals surface area contributed by atoms with Crippen LogP contribution in [0.2, 0.25) is 5.15 Å². The lowest BCUT2D eigenvalue weighted by molar-refractivity contribution is 0.000655. The molecule has 0 bridgehead atoms. The predicted molar refractivity (Wildman–Crippen MR) is 59.1 cm³/mol. The molecule has 1 rings (SSSR count). The highest BCUT2D eigenvalue weighted by Gasteiger charge is 2.18. The van der Waals surface area contributed by atoms with E-state index in [1.165, 1.54) is 0 Å². The fourth-order valence-corrected chi connectivity index (χ4v) is 1.70. The highest BCUT2D eigenvalue weighted by molar-refractivity contribution is 6.99. The lowest BCUT2D eigenvalue weighted by atomic mass is 10.1. The summed E-state index contributed by atoms with van der Waals surface area (Å²) in [6.45, 7) is 7.34. The van der Waals surface area contributed by atoms with Crippen molar-refractivity contribution < 1.29 is 4.74 Å². The molecule has 6 heteroatoms. The van der Waals surface area contributed by atoms with E-state index < -0.39 is 0 Å². The van der Waals surface area contributed by atoms with Crippen molar-refractivity contribution in [2.24, 2.45) is 0 Å². The van der Waals surface area contributed by atoms with Crippen molar-refractivity contribution in [1.29, 1.82) is 0 Å². The van der Waals surface area contributed by atoms with Gasteiger partial charge in [-0.2, -0.15) is 8.75 Å². The number of anilines is 1. The normalized spacial score (nSPS) is 11.7. The fraction of sp³-hybridized carbons (Fsp3) is 0.750. The van der Waals surface area contributed by atoms with E-state index in [1.807, 2.05) is 20.8 Å². The van der Waals surface area contributed by atoms with Crippen LogP contribution in [0.15, 0.2) is 0 Å². The van der Waals surface area contributed by atoms with Crippen LogP contribution in [-0.2, 0) is 4.74 Å². The summed E-state index contributed by atoms with van der Waals surface area (Å²) < 4.78 is 13.4. The molecule has 0 aliphatic rings. The van der Waals surface area contributed by atoms with Crippen molar-refractivity contribution in [2.45, 2.75) is 26.4 Å². The number of nitrogens with one attached hydrogen (secondary N) is 1. The standard InChI is InChI=1S/C8H14ClN3OS/c1-4-13-8(2,3)5-10-7-6(9)11-14-12-7/h4-5H2,1-3H3,(H,10,12). The van der Waals surface area contributed by atoms with Crippen molar-refractivity contribution in [2.75, 3.05) is 18.5 Å². The third-order valence-corrected chi connectivity index (χ3v) is 2.56. The molecule has 0 saturated carbocycles. The Morgan fingerprint density at radius 3 is 2.71 bits per heavy atom. The average Bonchev–Trinajstić information content (AvgIpc) is 2.48. The van der Waals surface area contributed by atoms with Gasteiger partial charge in [0.25, 0.3) is 0 Å². The van der Waals surface area contributed by atoms with Crippen LogP contribution in [0.3, 0.4) is 0 Å². The van der Waals surface area contributed by atoms with E-state index in [1.54, 1.807) is 0 Å². The maximum Gasteiger partial charge on any atom is 0.186 e. The van der Waals surface area contributed by atoms with E-state index >= 15 is 0 Å². The van der Waals surface area contributed by atoms with Crippen molar-refractivity contribution in [3.8, 4) is 0 Å². The van der Waals surface area contributed by atoms with Crippen molar-refractivity contribution in [3.05, 3.63) is 5.15 Å². The molecule has 0 fully saturated rings. The first-order valence-electron chi connectivity index (χ1n) is 4.41. The Morgan fingerprint density at radius 2 is 2.21 bits per heavy atom. The van der Waals surface area contributed by atoms with Gasteiger partial charge in [-0.15, -0.1) is 0 Å². The SMILES string of the molecule is CCOC(C)(C)CNc1nsnc1Cl. The van der Waals surface area contributed by atoms with Crippen LogP contribution >= 0.6 is 23.3 Å². The zero-order valence-corrected chi connectivity index (χ0v) is 10.1. The number of rotatable bonds is 5. The maximum absolute atomic E-state index is 5.78. The van der Waals surface area contributed by atoms with Gasteiger partial charge < -0.3 is 10.1 Å². The van der Waals surface area contributed by atoms with Gasteiger partial charge in [-0.25, -0.2) is 0 Å². The van der Waals surface area contributed by atoms with E-state index in [4.69, 9.17) is 16.3 Å². The molecule has 0 unspecified atom stereocenters. The van der Waals surface area contributed by atoms with Gasteiger partial charge in [0.05, 0.1) is 17.3 Å². The Bertz CT molecular complexity index is 290. The van der Waals surface area contributed by atoms with Gasteiger partial charge in [0.1, 0.15) is 0 Å². The summed E-state index contributed by atoms with van der Waals surface area (Å²) in [4.78, 5) is 0. The molecule has 1 aromatic heterocycles. The van der Waals surface area contributed by atoms with E-state index in [0.717, 1.165) is 11.7 Å². The molecule has 14 heavy (non-hydrogen) atoms. The van der Waals surface area contributed by atoms with Crippen LogP contribution < -0.4 is 5.32 Å². The third kappa shape index (κ3) is 3.40. The third-order valence-electron chi connectivity index (χ3n) is 1.67. The quantitative estimate of drug-likeness (QED) is 0.852. The number of nitrogens with zero attached hydrogens (tertiary/aromatic N) is 2. The van der Waals surface area contributed by atoms with Crippen LogP contribution in [-0.4, -0.2) is 27.5 Å². The number of hydrogen-bond acceptors (Lipinski definition) is 5. The Balaban J connectivity index is 2.44. The second kappa shape index (κ2) is 4.91. The second-order valence-corrected chi connectivity index (χ2v) is 4.34. The summed E-state index contributed by atoms with van der Waals surface area (Å²) in [6.07, 6.45) is 0. The molecule has 4 nitrogen and oxygen atoms in total. The summed E-state index contributed by atoms with van der Waals surface area (Å²) in [7, 11) is 0. The topological polar surface area (TPSA) is 47.0 Å². The molecular weight excluding hydrogens is 222 g/mol. The largest absolute Gasteiger partial charge is 0.374 e. The van der Waals surface area contributed by atoms with Gasteiger partial charge in [-0.1, -0.05) is 11.6 Å². The van der Waals surface area contributed by atoms with Gasteiger partial charge in [0, 0.05) is 13.2 Å². The maximum atomic E-state index is 5.78. The van der Waals surface area contributed by atoms with E-state index in [0.29, 0.717) is 24.1 Å². The lowest BCUT2D eigenvalue weighted by Gasteiger charge is -2.24. The summed E-state index contributed by atoms with van der Waals surface area (Å²) in [5.41, 5.74) is -0.221. The zero-order chi connectivity index (χ0) is 10.6. The van der Waals surface area contributed by atoms with Gasteiger partial charge in [-0.05, 0) is 20.8 Å². The Morgan fingerprint density at radius 1 is 1.50 bits per heavy atom. The highest BCUT2D eigenvalue weighted by Crippen LogP contribution is 2.19. The minimum atomic E-state index is -0.221. The molecule has 0 amide bonds. The van der Waals surface area contributed by atoms with Crippen LogP contribution in [0.1, 0.15) is 20.8 Å². The van der Waals surface area contributed by atoms with Gasteiger partial charge >= 0.3 is 0 Å².